The van der Waals surface area contributed by atoms with E-state index in [1.165, 1.54) is 22.5 Å². The minimum Gasteiger partial charge on any atom is -0.339 e. The molecule has 0 unspecified atom stereocenters. The van der Waals surface area contributed by atoms with E-state index in [4.69, 9.17) is 0 Å². The summed E-state index contributed by atoms with van der Waals surface area (Å²) in [6, 6.07) is 4.17. The third-order valence-corrected chi connectivity index (χ3v) is 6.02. The van der Waals surface area contributed by atoms with Crippen LogP contribution in [0.1, 0.15) is 25.3 Å². The Bertz CT molecular complexity index is 1170. The van der Waals surface area contributed by atoms with Gasteiger partial charge in [0.25, 0.3) is 5.56 Å². The lowest BCUT2D eigenvalue weighted by Gasteiger charge is -2.21. The van der Waals surface area contributed by atoms with Crippen LogP contribution in [-0.2, 0) is 17.5 Å². The van der Waals surface area contributed by atoms with Gasteiger partial charge in [0.15, 0.2) is 0 Å². The molecule has 0 aliphatic carbocycles. The van der Waals surface area contributed by atoms with E-state index in [9.17, 15) is 31.5 Å². The van der Waals surface area contributed by atoms with Crippen molar-refractivity contribution in [1.82, 2.24) is 9.47 Å². The minimum absolute atomic E-state index is 0.0492. The van der Waals surface area contributed by atoms with Crippen LogP contribution in [0.5, 0.6) is 0 Å². The molecule has 3 rings (SSSR count). The molecule has 0 aliphatic rings. The molecule has 10 heteroatoms. The fourth-order valence-electron chi connectivity index (χ4n) is 3.39. The number of hydrogen-bond acceptors (Lipinski definition) is 3. The standard InChI is InChI=1S/C22H21F5N2O2S/c1-2-3-8-28(10-7-23)19(30)12-29-9-6-18-20(21(29)31)15(13-32-18)14-4-5-17(24)16(11-14)22(25,26)27/h4-6,9,11,13H,2-3,7-8,10,12H2,1H3. The number of alkyl halides is 4. The number of carbonyl (C=O) groups is 1. The highest BCUT2D eigenvalue weighted by atomic mass is 32.1. The molecular formula is C22H21F5N2O2S. The van der Waals surface area contributed by atoms with Gasteiger partial charge < -0.3 is 9.47 Å². The van der Waals surface area contributed by atoms with Gasteiger partial charge in [-0.05, 0) is 30.2 Å². The highest BCUT2D eigenvalue weighted by Crippen LogP contribution is 2.37. The Morgan fingerprint density at radius 2 is 1.94 bits per heavy atom. The largest absolute Gasteiger partial charge is 0.419 e. The molecule has 32 heavy (non-hydrogen) atoms. The second-order valence-corrected chi connectivity index (χ2v) is 8.16. The number of nitrogens with zero attached hydrogens (tertiary/aromatic N) is 2. The molecule has 4 nitrogen and oxygen atoms in total. The van der Waals surface area contributed by atoms with E-state index in [-0.39, 0.29) is 29.6 Å². The maximum absolute atomic E-state index is 13.7. The summed E-state index contributed by atoms with van der Waals surface area (Å²) in [5.41, 5.74) is -1.69. The van der Waals surface area contributed by atoms with Gasteiger partial charge in [-0.25, -0.2) is 8.78 Å². The lowest BCUT2D eigenvalue weighted by molar-refractivity contribution is -0.140. The van der Waals surface area contributed by atoms with Crippen LogP contribution in [0, 0.1) is 5.82 Å². The van der Waals surface area contributed by atoms with Crippen LogP contribution in [0.4, 0.5) is 22.0 Å². The van der Waals surface area contributed by atoms with Crippen molar-refractivity contribution in [3.63, 3.8) is 0 Å². The average Bonchev–Trinajstić information content (AvgIpc) is 3.17. The monoisotopic (exact) mass is 472 g/mol. The van der Waals surface area contributed by atoms with E-state index in [0.717, 1.165) is 28.4 Å². The highest BCUT2D eigenvalue weighted by molar-refractivity contribution is 7.17. The summed E-state index contributed by atoms with van der Waals surface area (Å²) < 4.78 is 67.6. The van der Waals surface area contributed by atoms with Crippen molar-refractivity contribution in [2.45, 2.75) is 32.5 Å². The van der Waals surface area contributed by atoms with Gasteiger partial charge in [-0.1, -0.05) is 19.4 Å². The number of benzene rings is 1. The first-order valence-electron chi connectivity index (χ1n) is 9.98. The number of unbranched alkanes of at least 4 members (excludes halogenated alkanes) is 1. The summed E-state index contributed by atoms with van der Waals surface area (Å²) in [6.07, 6.45) is -1.93. The second-order valence-electron chi connectivity index (χ2n) is 7.25. The quantitative estimate of drug-likeness (QED) is 0.407. The first-order valence-corrected chi connectivity index (χ1v) is 10.9. The minimum atomic E-state index is -4.88. The molecule has 2 aromatic heterocycles. The van der Waals surface area contributed by atoms with Crippen molar-refractivity contribution in [3.8, 4) is 11.1 Å². The van der Waals surface area contributed by atoms with Crippen LogP contribution in [0.15, 0.2) is 40.6 Å². The molecule has 0 atom stereocenters. The Morgan fingerprint density at radius 3 is 2.59 bits per heavy atom. The predicted octanol–water partition coefficient (Wildman–Crippen LogP) is 5.49. The molecule has 0 saturated carbocycles. The van der Waals surface area contributed by atoms with Crippen molar-refractivity contribution in [1.29, 1.82) is 0 Å². The zero-order chi connectivity index (χ0) is 23.5. The zero-order valence-corrected chi connectivity index (χ0v) is 18.0. The number of fused-ring (bicyclic) bond motifs is 1. The first kappa shape index (κ1) is 23.9. The lowest BCUT2D eigenvalue weighted by Crippen LogP contribution is -2.38. The molecule has 2 heterocycles. The number of thiophene rings is 1. The number of aromatic nitrogens is 1. The van der Waals surface area contributed by atoms with E-state index in [2.05, 4.69) is 0 Å². The zero-order valence-electron chi connectivity index (χ0n) is 17.2. The molecule has 0 aliphatic heterocycles. The fraction of sp³-hybridized carbons (Fsp3) is 0.364. The number of hydrogen-bond donors (Lipinski definition) is 0. The molecular weight excluding hydrogens is 451 g/mol. The van der Waals surface area contributed by atoms with E-state index in [1.807, 2.05) is 6.92 Å². The molecule has 0 N–H and O–H groups in total. The Morgan fingerprint density at radius 1 is 1.19 bits per heavy atom. The van der Waals surface area contributed by atoms with E-state index < -0.39 is 35.7 Å². The number of halogens is 5. The van der Waals surface area contributed by atoms with E-state index in [0.29, 0.717) is 23.7 Å². The summed E-state index contributed by atoms with van der Waals surface area (Å²) in [5.74, 6) is -1.82. The van der Waals surface area contributed by atoms with Crippen molar-refractivity contribution < 1.29 is 26.7 Å². The van der Waals surface area contributed by atoms with Crippen molar-refractivity contribution in [2.75, 3.05) is 19.8 Å². The Kier molecular flexibility index (Phi) is 7.33. The van der Waals surface area contributed by atoms with E-state index >= 15 is 0 Å². The van der Waals surface area contributed by atoms with Gasteiger partial charge >= 0.3 is 6.18 Å². The van der Waals surface area contributed by atoms with Crippen molar-refractivity contribution >= 4 is 27.3 Å². The van der Waals surface area contributed by atoms with Crippen LogP contribution in [0.2, 0.25) is 0 Å². The Balaban J connectivity index is 2.01. The van der Waals surface area contributed by atoms with E-state index in [1.54, 1.807) is 6.07 Å². The molecule has 0 fully saturated rings. The van der Waals surface area contributed by atoms with Gasteiger partial charge in [0.05, 0.1) is 10.9 Å². The molecule has 1 amide bonds. The topological polar surface area (TPSA) is 42.3 Å². The maximum atomic E-state index is 13.7. The van der Waals surface area contributed by atoms with Crippen LogP contribution in [-0.4, -0.2) is 35.1 Å². The van der Waals surface area contributed by atoms with Crippen LogP contribution < -0.4 is 5.56 Å². The summed E-state index contributed by atoms with van der Waals surface area (Å²) in [6.45, 7) is 1.22. The Hall–Kier alpha value is -2.75. The summed E-state index contributed by atoms with van der Waals surface area (Å²) >= 11 is 1.16. The number of amides is 1. The van der Waals surface area contributed by atoms with Gasteiger partial charge in [0.2, 0.25) is 5.91 Å². The molecule has 0 saturated heterocycles. The number of carbonyl (C=O) groups excluding carboxylic acids is 1. The maximum Gasteiger partial charge on any atom is 0.419 e. The summed E-state index contributed by atoms with van der Waals surface area (Å²) in [4.78, 5) is 27.1. The highest BCUT2D eigenvalue weighted by Gasteiger charge is 2.34. The van der Waals surface area contributed by atoms with Crippen LogP contribution >= 0.6 is 11.3 Å². The summed E-state index contributed by atoms with van der Waals surface area (Å²) in [7, 11) is 0. The van der Waals surface area contributed by atoms with Gasteiger partial charge in [-0.3, -0.25) is 9.59 Å². The SMILES string of the molecule is CCCCN(CCF)C(=O)Cn1ccc2scc(-c3ccc(F)c(C(F)(F)F)c3)c2c1=O. The third-order valence-electron chi connectivity index (χ3n) is 5.08. The molecule has 1 aromatic carbocycles. The third kappa shape index (κ3) is 5.01. The number of rotatable bonds is 8. The number of pyridine rings is 1. The Labute approximate surface area is 184 Å². The van der Waals surface area contributed by atoms with Gasteiger partial charge in [-0.15, -0.1) is 11.3 Å². The second kappa shape index (κ2) is 9.81. The lowest BCUT2D eigenvalue weighted by atomic mass is 10.0. The smallest absolute Gasteiger partial charge is 0.339 e. The normalized spacial score (nSPS) is 11.8. The van der Waals surface area contributed by atoms with Crippen molar-refractivity contribution in [2.24, 2.45) is 0 Å². The summed E-state index contributed by atoms with van der Waals surface area (Å²) in [5, 5.41) is 1.68. The predicted molar refractivity (Wildman–Crippen MR) is 114 cm³/mol. The average molecular weight is 472 g/mol. The molecule has 0 spiro atoms. The van der Waals surface area contributed by atoms with Crippen LogP contribution in [0.25, 0.3) is 21.2 Å². The molecule has 3 aromatic rings. The first-order chi connectivity index (χ1) is 15.2. The molecule has 0 bridgehead atoms. The van der Waals surface area contributed by atoms with Gasteiger partial charge in [-0.2, -0.15) is 13.2 Å². The van der Waals surface area contributed by atoms with Gasteiger partial charge in [0.1, 0.15) is 19.0 Å². The molecule has 172 valence electrons. The van der Waals surface area contributed by atoms with Crippen molar-refractivity contribution in [3.05, 3.63) is 57.6 Å². The van der Waals surface area contributed by atoms with Gasteiger partial charge in [0, 0.05) is 34.9 Å². The molecule has 0 radical (unpaired) electrons. The fourth-order valence-corrected chi connectivity index (χ4v) is 4.34. The van der Waals surface area contributed by atoms with Crippen LogP contribution in [0.3, 0.4) is 0 Å².